The van der Waals surface area contributed by atoms with Gasteiger partial charge in [-0.05, 0) is 30.2 Å². The van der Waals surface area contributed by atoms with E-state index in [-0.39, 0.29) is 6.61 Å². The van der Waals surface area contributed by atoms with Crippen LogP contribution in [0.2, 0.25) is 0 Å². The van der Waals surface area contributed by atoms with Gasteiger partial charge in [-0.25, -0.2) is 0 Å². The first-order chi connectivity index (χ1) is 8.70. The molecule has 18 heavy (non-hydrogen) atoms. The van der Waals surface area contributed by atoms with E-state index in [2.05, 4.69) is 38.7 Å². The zero-order valence-corrected chi connectivity index (χ0v) is 10.9. The highest BCUT2D eigenvalue weighted by Gasteiger charge is 2.10. The molecular formula is C13H20N4O. The van der Waals surface area contributed by atoms with Crippen molar-refractivity contribution in [2.45, 2.75) is 6.42 Å². The van der Waals surface area contributed by atoms with Crippen molar-refractivity contribution >= 4 is 17.3 Å². The van der Waals surface area contributed by atoms with E-state index in [1.165, 1.54) is 11.3 Å². The first-order valence-corrected chi connectivity index (χ1v) is 6.17. The maximum Gasteiger partial charge on any atom is 0.195 e. The number of anilines is 2. The fourth-order valence-electron chi connectivity index (χ4n) is 1.92. The molecular weight excluding hydrogens is 228 g/mol. The van der Waals surface area contributed by atoms with Gasteiger partial charge in [0.15, 0.2) is 5.96 Å². The zero-order valence-electron chi connectivity index (χ0n) is 10.9. The van der Waals surface area contributed by atoms with Gasteiger partial charge in [0, 0.05) is 38.6 Å². The molecule has 1 aromatic carbocycles. The summed E-state index contributed by atoms with van der Waals surface area (Å²) in [4.78, 5) is 6.51. The number of aliphatic imine (C=N–C) groups is 1. The number of aliphatic hydroxyl groups excluding tert-OH is 1. The molecule has 3 N–H and O–H groups in total. The average Bonchev–Trinajstić information content (AvgIpc) is 2.56. The largest absolute Gasteiger partial charge is 0.395 e. The lowest BCUT2D eigenvalue weighted by Gasteiger charge is -2.16. The van der Waals surface area contributed by atoms with E-state index < -0.39 is 0 Å². The molecule has 0 spiro atoms. The van der Waals surface area contributed by atoms with E-state index in [0.29, 0.717) is 6.54 Å². The third-order valence-electron chi connectivity index (χ3n) is 2.91. The Balaban J connectivity index is 2.16. The third kappa shape index (κ3) is 2.92. The van der Waals surface area contributed by atoms with Crippen molar-refractivity contribution in [3.8, 4) is 0 Å². The van der Waals surface area contributed by atoms with Gasteiger partial charge in [-0.1, -0.05) is 0 Å². The molecule has 1 aliphatic heterocycles. The van der Waals surface area contributed by atoms with Crippen LogP contribution in [0.3, 0.4) is 0 Å². The van der Waals surface area contributed by atoms with Crippen molar-refractivity contribution in [1.29, 1.82) is 0 Å². The molecule has 2 rings (SSSR count). The van der Waals surface area contributed by atoms with E-state index in [1.54, 1.807) is 0 Å². The summed E-state index contributed by atoms with van der Waals surface area (Å²) in [5.41, 5.74) is 3.55. The third-order valence-corrected chi connectivity index (χ3v) is 2.91. The average molecular weight is 248 g/mol. The Kier molecular flexibility index (Phi) is 4.04. The Morgan fingerprint density at radius 3 is 3.00 bits per heavy atom. The summed E-state index contributed by atoms with van der Waals surface area (Å²) in [5, 5.41) is 15.1. The number of aliphatic hydroxyl groups is 1. The lowest BCUT2D eigenvalue weighted by Crippen LogP contribution is -2.32. The smallest absolute Gasteiger partial charge is 0.195 e. The molecule has 5 heteroatoms. The molecule has 1 aromatic rings. The molecule has 0 aromatic heterocycles. The molecule has 0 amide bonds. The summed E-state index contributed by atoms with van der Waals surface area (Å²) in [5.74, 6) is 0.736. The molecule has 5 nitrogen and oxygen atoms in total. The number of benzene rings is 1. The Labute approximate surface area is 108 Å². The van der Waals surface area contributed by atoms with Crippen LogP contribution in [0.5, 0.6) is 0 Å². The number of nitrogens with one attached hydrogen (secondary N) is 2. The number of guanidine groups is 1. The second-order valence-corrected chi connectivity index (χ2v) is 4.49. The normalized spacial score (nSPS) is 14.1. The summed E-state index contributed by atoms with van der Waals surface area (Å²) in [6.45, 7) is 1.37. The molecule has 0 atom stereocenters. The minimum absolute atomic E-state index is 0.104. The van der Waals surface area contributed by atoms with E-state index in [9.17, 15) is 0 Å². The van der Waals surface area contributed by atoms with Crippen molar-refractivity contribution in [3.05, 3.63) is 23.8 Å². The van der Waals surface area contributed by atoms with Crippen molar-refractivity contribution in [1.82, 2.24) is 5.32 Å². The van der Waals surface area contributed by atoms with Crippen molar-refractivity contribution in [2.24, 2.45) is 4.99 Å². The number of hydrogen-bond acceptors (Lipinski definition) is 5. The van der Waals surface area contributed by atoms with Crippen LogP contribution < -0.4 is 15.5 Å². The highest BCUT2D eigenvalue weighted by Crippen LogP contribution is 2.24. The quantitative estimate of drug-likeness (QED) is 0.735. The second kappa shape index (κ2) is 5.73. The molecule has 0 saturated heterocycles. The molecule has 0 radical (unpaired) electrons. The molecule has 0 saturated carbocycles. The summed E-state index contributed by atoms with van der Waals surface area (Å²) < 4.78 is 0. The van der Waals surface area contributed by atoms with Gasteiger partial charge < -0.3 is 20.6 Å². The predicted molar refractivity (Wildman–Crippen MR) is 75.5 cm³/mol. The number of fused-ring (bicyclic) bond motifs is 1. The van der Waals surface area contributed by atoms with Crippen LogP contribution >= 0.6 is 0 Å². The molecule has 0 fully saturated rings. The van der Waals surface area contributed by atoms with Crippen LogP contribution in [0.15, 0.2) is 23.2 Å². The van der Waals surface area contributed by atoms with Crippen molar-refractivity contribution < 1.29 is 5.11 Å². The molecule has 0 aliphatic carbocycles. The minimum Gasteiger partial charge on any atom is -0.395 e. The molecule has 1 heterocycles. The van der Waals surface area contributed by atoms with E-state index in [4.69, 9.17) is 5.11 Å². The molecule has 1 aliphatic rings. The fourth-order valence-corrected chi connectivity index (χ4v) is 1.92. The van der Waals surface area contributed by atoms with Crippen LogP contribution in [0.1, 0.15) is 5.56 Å². The van der Waals surface area contributed by atoms with Gasteiger partial charge in [0.1, 0.15) is 0 Å². The van der Waals surface area contributed by atoms with Crippen LogP contribution in [0, 0.1) is 0 Å². The highest BCUT2D eigenvalue weighted by atomic mass is 16.3. The Hall–Kier alpha value is -1.75. The summed E-state index contributed by atoms with van der Waals surface area (Å²) in [6.07, 6.45) is 0.925. The van der Waals surface area contributed by atoms with Gasteiger partial charge in [0.25, 0.3) is 0 Å². The summed E-state index contributed by atoms with van der Waals surface area (Å²) >= 11 is 0. The Morgan fingerprint density at radius 2 is 2.28 bits per heavy atom. The van der Waals surface area contributed by atoms with E-state index >= 15 is 0 Å². The van der Waals surface area contributed by atoms with Crippen LogP contribution in [-0.2, 0) is 6.42 Å². The Morgan fingerprint density at radius 1 is 1.44 bits per heavy atom. The number of hydrogen-bond donors (Lipinski definition) is 3. The number of rotatable bonds is 3. The summed E-state index contributed by atoms with van der Waals surface area (Å²) in [7, 11) is 4.08. The van der Waals surface area contributed by atoms with Gasteiger partial charge in [-0.3, -0.25) is 4.99 Å². The lowest BCUT2D eigenvalue weighted by molar-refractivity contribution is 0.300. The maximum absolute atomic E-state index is 8.81. The zero-order chi connectivity index (χ0) is 13.0. The van der Waals surface area contributed by atoms with Gasteiger partial charge in [0.05, 0.1) is 6.61 Å². The van der Waals surface area contributed by atoms with Gasteiger partial charge in [-0.15, -0.1) is 0 Å². The number of nitrogens with zero attached hydrogens (tertiary/aromatic N) is 2. The molecule has 98 valence electrons. The lowest BCUT2D eigenvalue weighted by atomic mass is 10.1. The standard InChI is InChI=1S/C13H20N4O/c1-17(2)11-3-4-12-10(9-11)5-6-14-13(16-12)15-7-8-18/h3-4,9,18H,5-8H2,1-2H3,(H2,14,15,16). The van der Waals surface area contributed by atoms with Crippen molar-refractivity contribution in [2.75, 3.05) is 44.0 Å². The minimum atomic E-state index is 0.104. The monoisotopic (exact) mass is 248 g/mol. The second-order valence-electron chi connectivity index (χ2n) is 4.49. The van der Waals surface area contributed by atoms with Crippen LogP contribution in [0.4, 0.5) is 11.4 Å². The van der Waals surface area contributed by atoms with Crippen LogP contribution in [0.25, 0.3) is 0 Å². The van der Waals surface area contributed by atoms with Gasteiger partial charge >= 0.3 is 0 Å². The van der Waals surface area contributed by atoms with E-state index in [1.807, 2.05) is 14.1 Å². The SMILES string of the molecule is CN(C)c1ccc2c(c1)CCN=C(NCCO)N2. The highest BCUT2D eigenvalue weighted by molar-refractivity contribution is 5.95. The fraction of sp³-hybridized carbons (Fsp3) is 0.462. The first kappa shape index (κ1) is 12.7. The van der Waals surface area contributed by atoms with Crippen LogP contribution in [-0.4, -0.2) is 44.9 Å². The van der Waals surface area contributed by atoms with E-state index in [0.717, 1.165) is 24.6 Å². The first-order valence-electron chi connectivity index (χ1n) is 6.17. The topological polar surface area (TPSA) is 59.9 Å². The summed E-state index contributed by atoms with van der Waals surface area (Å²) in [6, 6.07) is 6.35. The predicted octanol–water partition coefficient (Wildman–Crippen LogP) is 0.658. The van der Waals surface area contributed by atoms with Gasteiger partial charge in [0.2, 0.25) is 0 Å². The van der Waals surface area contributed by atoms with Gasteiger partial charge in [-0.2, -0.15) is 0 Å². The molecule has 0 bridgehead atoms. The maximum atomic E-state index is 8.81. The Bertz CT molecular complexity index is 443. The van der Waals surface area contributed by atoms with Crippen molar-refractivity contribution in [3.63, 3.8) is 0 Å². The molecule has 0 unspecified atom stereocenters.